The Bertz CT molecular complexity index is 1310. The van der Waals surface area contributed by atoms with Gasteiger partial charge in [-0.1, -0.05) is 47.5 Å². The van der Waals surface area contributed by atoms with Gasteiger partial charge >= 0.3 is 5.69 Å². The van der Waals surface area contributed by atoms with Gasteiger partial charge in [0.1, 0.15) is 5.82 Å². The van der Waals surface area contributed by atoms with Crippen molar-refractivity contribution in [3.8, 4) is 0 Å². The first-order chi connectivity index (χ1) is 14.0. The Morgan fingerprint density at radius 3 is 2.45 bits per heavy atom. The Kier molecular flexibility index (Phi) is 5.03. The average Bonchev–Trinajstić information content (AvgIpc) is 2.72. The van der Waals surface area contributed by atoms with E-state index in [1.54, 1.807) is 18.2 Å². The van der Waals surface area contributed by atoms with Crippen LogP contribution < -0.4 is 11.2 Å². The molecule has 29 heavy (non-hydrogen) atoms. The number of benzene rings is 2. The molecule has 2 aromatic carbocycles. The number of aryl methyl sites for hydroxylation is 1. The Labute approximate surface area is 170 Å². The molecule has 4 rings (SSSR count). The number of pyridine rings is 1. The maximum atomic E-state index is 14.3. The summed E-state index contributed by atoms with van der Waals surface area (Å²) in [5, 5.41) is 0.213. The third kappa shape index (κ3) is 3.59. The van der Waals surface area contributed by atoms with E-state index in [-0.39, 0.29) is 29.2 Å². The topological polar surface area (TPSA) is 56.9 Å². The fourth-order valence-corrected chi connectivity index (χ4v) is 3.48. The second-order valence-electron chi connectivity index (χ2n) is 6.82. The second kappa shape index (κ2) is 7.64. The summed E-state index contributed by atoms with van der Waals surface area (Å²) in [6.45, 7) is 1.94. The lowest BCUT2D eigenvalue weighted by molar-refractivity contribution is 0.583. The van der Waals surface area contributed by atoms with Gasteiger partial charge in [0.05, 0.1) is 18.6 Å². The highest BCUT2D eigenvalue weighted by Crippen LogP contribution is 2.20. The second-order valence-corrected chi connectivity index (χ2v) is 7.22. The molecule has 4 aromatic rings. The SMILES string of the molecule is Cc1ccc(Cn2c(=O)c3ncccc3n(Cc3c(F)cccc3Cl)c2=O)cc1. The fourth-order valence-electron chi connectivity index (χ4n) is 3.25. The van der Waals surface area contributed by atoms with E-state index in [0.717, 1.165) is 15.7 Å². The van der Waals surface area contributed by atoms with E-state index in [9.17, 15) is 14.0 Å². The molecule has 2 aromatic heterocycles. The van der Waals surface area contributed by atoms with E-state index in [2.05, 4.69) is 4.98 Å². The minimum Gasteiger partial charge on any atom is -0.287 e. The maximum Gasteiger partial charge on any atom is 0.332 e. The average molecular weight is 410 g/mol. The summed E-state index contributed by atoms with van der Waals surface area (Å²) in [7, 11) is 0. The van der Waals surface area contributed by atoms with E-state index in [1.165, 1.54) is 22.9 Å². The van der Waals surface area contributed by atoms with Crippen LogP contribution in [0.3, 0.4) is 0 Å². The van der Waals surface area contributed by atoms with Gasteiger partial charge in [-0.15, -0.1) is 0 Å². The van der Waals surface area contributed by atoms with Crippen molar-refractivity contribution in [2.45, 2.75) is 20.0 Å². The van der Waals surface area contributed by atoms with Crippen LogP contribution in [0, 0.1) is 12.7 Å². The summed E-state index contributed by atoms with van der Waals surface area (Å²) in [5.41, 5.74) is 1.52. The van der Waals surface area contributed by atoms with Gasteiger partial charge in [-0.3, -0.25) is 13.9 Å². The third-order valence-electron chi connectivity index (χ3n) is 4.83. The molecular formula is C22H17ClFN3O2. The number of fused-ring (bicyclic) bond motifs is 1. The maximum absolute atomic E-state index is 14.3. The summed E-state index contributed by atoms with van der Waals surface area (Å²) in [5.74, 6) is -0.516. The molecule has 0 saturated carbocycles. The van der Waals surface area contributed by atoms with Crippen molar-refractivity contribution >= 4 is 22.6 Å². The van der Waals surface area contributed by atoms with Gasteiger partial charge in [-0.05, 0) is 36.8 Å². The molecule has 0 amide bonds. The van der Waals surface area contributed by atoms with Crippen molar-refractivity contribution in [3.05, 3.63) is 109 Å². The van der Waals surface area contributed by atoms with Crippen molar-refractivity contribution in [2.24, 2.45) is 0 Å². The Balaban J connectivity index is 1.93. The molecule has 0 aliphatic heterocycles. The zero-order valence-corrected chi connectivity index (χ0v) is 16.4. The number of halogens is 2. The van der Waals surface area contributed by atoms with Crippen LogP contribution >= 0.6 is 11.6 Å². The van der Waals surface area contributed by atoms with E-state index >= 15 is 0 Å². The number of nitrogens with zero attached hydrogens (tertiary/aromatic N) is 3. The van der Waals surface area contributed by atoms with Gasteiger partial charge in [0.2, 0.25) is 0 Å². The molecule has 0 aliphatic carbocycles. The number of hydrogen-bond donors (Lipinski definition) is 0. The summed E-state index contributed by atoms with van der Waals surface area (Å²) in [4.78, 5) is 30.3. The molecular weight excluding hydrogens is 393 g/mol. The first-order valence-electron chi connectivity index (χ1n) is 9.02. The first kappa shape index (κ1) is 19.1. The van der Waals surface area contributed by atoms with Crippen LogP contribution in [0.25, 0.3) is 11.0 Å². The van der Waals surface area contributed by atoms with Crippen LogP contribution in [0.5, 0.6) is 0 Å². The zero-order chi connectivity index (χ0) is 20.5. The molecule has 7 heteroatoms. The number of aromatic nitrogens is 3. The predicted molar refractivity (Wildman–Crippen MR) is 111 cm³/mol. The van der Waals surface area contributed by atoms with E-state index in [1.807, 2.05) is 31.2 Å². The molecule has 146 valence electrons. The molecule has 0 unspecified atom stereocenters. The summed E-state index contributed by atoms with van der Waals surface area (Å²) >= 11 is 6.16. The molecule has 0 spiro atoms. The van der Waals surface area contributed by atoms with E-state index in [0.29, 0.717) is 5.52 Å². The lowest BCUT2D eigenvalue weighted by Gasteiger charge is -2.15. The highest BCUT2D eigenvalue weighted by molar-refractivity contribution is 6.31. The molecule has 0 aliphatic rings. The fraction of sp³-hybridized carbons (Fsp3) is 0.136. The van der Waals surface area contributed by atoms with Gasteiger partial charge in [0.15, 0.2) is 5.52 Å². The summed E-state index contributed by atoms with van der Waals surface area (Å²) < 4.78 is 16.8. The molecule has 2 heterocycles. The van der Waals surface area contributed by atoms with Gasteiger partial charge in [-0.2, -0.15) is 0 Å². The third-order valence-corrected chi connectivity index (χ3v) is 5.18. The van der Waals surface area contributed by atoms with E-state index in [4.69, 9.17) is 11.6 Å². The highest BCUT2D eigenvalue weighted by atomic mass is 35.5. The summed E-state index contributed by atoms with van der Waals surface area (Å²) in [6.07, 6.45) is 1.49. The number of rotatable bonds is 4. The lowest BCUT2D eigenvalue weighted by atomic mass is 10.1. The Hall–Kier alpha value is -3.25. The van der Waals surface area contributed by atoms with Crippen LogP contribution in [-0.4, -0.2) is 14.1 Å². The Morgan fingerprint density at radius 2 is 1.72 bits per heavy atom. The molecule has 5 nitrogen and oxygen atoms in total. The quantitative estimate of drug-likeness (QED) is 0.515. The van der Waals surface area contributed by atoms with Gasteiger partial charge in [-0.25, -0.2) is 14.2 Å². The monoisotopic (exact) mass is 409 g/mol. The van der Waals surface area contributed by atoms with Crippen molar-refractivity contribution in [2.75, 3.05) is 0 Å². The molecule has 0 fully saturated rings. The minimum atomic E-state index is -0.546. The summed E-state index contributed by atoms with van der Waals surface area (Å²) in [6, 6.07) is 15.2. The van der Waals surface area contributed by atoms with Crippen LogP contribution in [0.2, 0.25) is 5.02 Å². The van der Waals surface area contributed by atoms with E-state index < -0.39 is 17.1 Å². The Morgan fingerprint density at radius 1 is 0.966 bits per heavy atom. The predicted octanol–water partition coefficient (Wildman–Crippen LogP) is 3.76. The van der Waals surface area contributed by atoms with Crippen molar-refractivity contribution in [1.82, 2.24) is 14.1 Å². The van der Waals surface area contributed by atoms with Crippen LogP contribution in [0.4, 0.5) is 4.39 Å². The van der Waals surface area contributed by atoms with Crippen molar-refractivity contribution in [1.29, 1.82) is 0 Å². The van der Waals surface area contributed by atoms with Crippen LogP contribution in [0.1, 0.15) is 16.7 Å². The van der Waals surface area contributed by atoms with Crippen molar-refractivity contribution in [3.63, 3.8) is 0 Å². The van der Waals surface area contributed by atoms with Gasteiger partial charge < -0.3 is 0 Å². The van der Waals surface area contributed by atoms with Gasteiger partial charge in [0, 0.05) is 16.8 Å². The normalized spacial score (nSPS) is 11.1. The largest absolute Gasteiger partial charge is 0.332 e. The molecule has 0 radical (unpaired) electrons. The molecule has 0 N–H and O–H groups in total. The first-order valence-corrected chi connectivity index (χ1v) is 9.40. The molecule has 0 saturated heterocycles. The standard InChI is InChI=1S/C22H17ClFN3O2/c1-14-7-9-15(10-8-14)12-27-21(28)20-19(6-3-11-25-20)26(22(27)29)13-16-17(23)4-2-5-18(16)24/h2-11H,12-13H2,1H3. The smallest absolute Gasteiger partial charge is 0.287 e. The minimum absolute atomic E-state index is 0.0927. The van der Waals surface area contributed by atoms with Crippen molar-refractivity contribution < 1.29 is 4.39 Å². The van der Waals surface area contributed by atoms with Crippen LogP contribution in [-0.2, 0) is 13.1 Å². The highest BCUT2D eigenvalue weighted by Gasteiger charge is 2.17. The molecule has 0 atom stereocenters. The van der Waals surface area contributed by atoms with Gasteiger partial charge in [0.25, 0.3) is 5.56 Å². The zero-order valence-electron chi connectivity index (χ0n) is 15.6. The van der Waals surface area contributed by atoms with Crippen LogP contribution in [0.15, 0.2) is 70.4 Å². The molecule has 0 bridgehead atoms. The lowest BCUT2D eigenvalue weighted by Crippen LogP contribution is -2.41. The number of hydrogen-bond acceptors (Lipinski definition) is 3.